The van der Waals surface area contributed by atoms with Crippen molar-refractivity contribution in [1.29, 1.82) is 0 Å². The zero-order chi connectivity index (χ0) is 15.4. The van der Waals surface area contributed by atoms with Crippen LogP contribution in [0.3, 0.4) is 0 Å². The predicted molar refractivity (Wildman–Crippen MR) is 83.7 cm³/mol. The predicted octanol–water partition coefficient (Wildman–Crippen LogP) is 2.37. The van der Waals surface area contributed by atoms with Crippen molar-refractivity contribution >= 4 is 33.6 Å². The molecule has 0 saturated heterocycles. The number of nitrogens with two attached hydrogens (primary N) is 1. The van der Waals surface area contributed by atoms with Gasteiger partial charge in [-0.3, -0.25) is 4.68 Å². The molecule has 1 aliphatic rings. The van der Waals surface area contributed by atoms with E-state index in [1.54, 1.807) is 10.9 Å². The van der Waals surface area contributed by atoms with Crippen LogP contribution < -0.4 is 5.73 Å². The zero-order valence-electron chi connectivity index (χ0n) is 12.5. The van der Waals surface area contributed by atoms with Gasteiger partial charge in [-0.25, -0.2) is 9.78 Å². The van der Waals surface area contributed by atoms with Crippen molar-refractivity contribution in [3.8, 4) is 0 Å². The molecule has 22 heavy (non-hydrogen) atoms. The third-order valence-electron chi connectivity index (χ3n) is 4.30. The fourth-order valence-corrected chi connectivity index (χ4v) is 3.04. The van der Waals surface area contributed by atoms with Gasteiger partial charge in [-0.2, -0.15) is 5.10 Å². The van der Waals surface area contributed by atoms with Gasteiger partial charge in [0.05, 0.1) is 35.3 Å². The van der Waals surface area contributed by atoms with Crippen LogP contribution in [0.5, 0.6) is 0 Å². The molecule has 1 fully saturated rings. The number of anilines is 1. The number of fused-ring (bicyclic) bond motifs is 3. The summed E-state index contributed by atoms with van der Waals surface area (Å²) in [5.74, 6) is 0.572. The maximum Gasteiger partial charge on any atom is 0.338 e. The van der Waals surface area contributed by atoms with Crippen molar-refractivity contribution in [2.24, 2.45) is 7.05 Å². The molecule has 1 aromatic carbocycles. The van der Waals surface area contributed by atoms with Crippen LogP contribution >= 0.6 is 0 Å². The number of carbonyl (C=O) groups is 1. The number of esters is 1. The molecule has 1 saturated carbocycles. The summed E-state index contributed by atoms with van der Waals surface area (Å²) in [7, 11) is 3.26. The number of carbonyl (C=O) groups excluding carboxylic acids is 1. The zero-order valence-corrected chi connectivity index (χ0v) is 12.5. The molecule has 2 N–H and O–H groups in total. The van der Waals surface area contributed by atoms with Gasteiger partial charge in [-0.15, -0.1) is 0 Å². The highest BCUT2D eigenvalue weighted by molar-refractivity contribution is 6.10. The molecular weight excluding hydrogens is 280 g/mol. The van der Waals surface area contributed by atoms with E-state index in [4.69, 9.17) is 10.5 Å². The molecular formula is C16H16N4O2. The molecule has 6 nitrogen and oxygen atoms in total. The third-order valence-corrected chi connectivity index (χ3v) is 4.30. The number of ether oxygens (including phenoxy) is 1. The first-order chi connectivity index (χ1) is 10.6. The summed E-state index contributed by atoms with van der Waals surface area (Å²) in [6.45, 7) is 0. The fraction of sp³-hybridized carbons (Fsp3) is 0.312. The van der Waals surface area contributed by atoms with Gasteiger partial charge in [0.1, 0.15) is 5.82 Å². The summed E-state index contributed by atoms with van der Waals surface area (Å²) in [5.41, 5.74) is 9.35. The molecule has 0 atom stereocenters. The summed E-state index contributed by atoms with van der Waals surface area (Å²) < 4.78 is 6.70. The standard InChI is InChI=1S/C16H16N4O2/c1-20-14-11-5-10(16(21)22-2)9(8-3-4-8)6-13(11)19-15(17)12(14)7-18-20/h5-8H,3-4H2,1-2H3,(H2,17,19). The number of nitrogens with zero attached hydrogens (tertiary/aromatic N) is 3. The lowest BCUT2D eigenvalue weighted by Crippen LogP contribution is -2.06. The second-order valence-corrected chi connectivity index (χ2v) is 5.75. The van der Waals surface area contributed by atoms with Gasteiger partial charge < -0.3 is 10.5 Å². The Labute approximate surface area is 126 Å². The summed E-state index contributed by atoms with van der Waals surface area (Å²) in [6, 6.07) is 3.84. The van der Waals surface area contributed by atoms with E-state index in [2.05, 4.69) is 10.1 Å². The van der Waals surface area contributed by atoms with Crippen molar-refractivity contribution in [3.63, 3.8) is 0 Å². The lowest BCUT2D eigenvalue weighted by Gasteiger charge is -2.11. The van der Waals surface area contributed by atoms with Crippen molar-refractivity contribution in [2.45, 2.75) is 18.8 Å². The van der Waals surface area contributed by atoms with Gasteiger partial charge in [0.15, 0.2) is 0 Å². The van der Waals surface area contributed by atoms with Crippen molar-refractivity contribution in [3.05, 3.63) is 29.5 Å². The Balaban J connectivity index is 2.12. The maximum absolute atomic E-state index is 12.1. The molecule has 2 aromatic heterocycles. The van der Waals surface area contributed by atoms with Crippen LogP contribution in [0.1, 0.15) is 34.7 Å². The number of hydrogen-bond acceptors (Lipinski definition) is 5. The van der Waals surface area contributed by atoms with Crippen LogP contribution in [0.25, 0.3) is 21.8 Å². The Bertz CT molecular complexity index is 925. The first kappa shape index (κ1) is 13.1. The summed E-state index contributed by atoms with van der Waals surface area (Å²) in [6.07, 6.45) is 3.89. The van der Waals surface area contributed by atoms with Crippen LogP contribution in [0.15, 0.2) is 18.3 Å². The molecule has 112 valence electrons. The minimum atomic E-state index is -0.309. The second kappa shape index (κ2) is 4.43. The molecule has 0 spiro atoms. The molecule has 4 rings (SSSR count). The van der Waals surface area contributed by atoms with Gasteiger partial charge in [0.2, 0.25) is 0 Å². The Kier molecular flexibility index (Phi) is 2.63. The topological polar surface area (TPSA) is 83.0 Å². The molecule has 0 bridgehead atoms. The smallest absolute Gasteiger partial charge is 0.338 e. The number of rotatable bonds is 2. The maximum atomic E-state index is 12.1. The molecule has 0 radical (unpaired) electrons. The normalized spacial score (nSPS) is 14.6. The molecule has 0 amide bonds. The number of pyridine rings is 1. The highest BCUT2D eigenvalue weighted by Crippen LogP contribution is 2.43. The average molecular weight is 296 g/mol. The van der Waals surface area contributed by atoms with Crippen LogP contribution in [0.4, 0.5) is 5.82 Å². The quantitative estimate of drug-likeness (QED) is 0.734. The second-order valence-electron chi connectivity index (χ2n) is 5.75. The highest BCUT2D eigenvalue weighted by atomic mass is 16.5. The number of hydrogen-bond donors (Lipinski definition) is 1. The number of nitrogen functional groups attached to an aromatic ring is 1. The highest BCUT2D eigenvalue weighted by Gasteiger charge is 2.29. The summed E-state index contributed by atoms with van der Waals surface area (Å²) in [4.78, 5) is 16.6. The largest absolute Gasteiger partial charge is 0.465 e. The number of methoxy groups -OCH3 is 1. The number of benzene rings is 1. The lowest BCUT2D eigenvalue weighted by molar-refractivity contribution is 0.0599. The fourth-order valence-electron chi connectivity index (χ4n) is 3.04. The average Bonchev–Trinajstić information content (AvgIpc) is 3.28. The first-order valence-electron chi connectivity index (χ1n) is 7.23. The summed E-state index contributed by atoms with van der Waals surface area (Å²) >= 11 is 0. The number of aryl methyl sites for hydroxylation is 1. The first-order valence-corrected chi connectivity index (χ1v) is 7.23. The summed E-state index contributed by atoms with van der Waals surface area (Å²) in [5, 5.41) is 5.92. The van der Waals surface area contributed by atoms with Crippen LogP contribution in [-0.4, -0.2) is 27.8 Å². The minimum Gasteiger partial charge on any atom is -0.465 e. The van der Waals surface area contributed by atoms with Gasteiger partial charge >= 0.3 is 5.97 Å². The van der Waals surface area contributed by atoms with E-state index < -0.39 is 0 Å². The molecule has 3 aromatic rings. The van der Waals surface area contributed by atoms with Gasteiger partial charge in [0, 0.05) is 12.4 Å². The Hall–Kier alpha value is -2.63. The van der Waals surface area contributed by atoms with Gasteiger partial charge in [-0.1, -0.05) is 0 Å². The van der Waals surface area contributed by atoms with E-state index >= 15 is 0 Å². The van der Waals surface area contributed by atoms with Crippen LogP contribution in [0.2, 0.25) is 0 Å². The van der Waals surface area contributed by atoms with Crippen LogP contribution in [-0.2, 0) is 11.8 Å². The Morgan fingerprint density at radius 1 is 1.36 bits per heavy atom. The lowest BCUT2D eigenvalue weighted by atomic mass is 9.99. The molecule has 2 heterocycles. The molecule has 0 unspecified atom stereocenters. The van der Waals surface area contributed by atoms with Crippen molar-refractivity contribution in [2.75, 3.05) is 12.8 Å². The SMILES string of the molecule is COC(=O)c1cc2c(cc1C1CC1)nc(N)c1cnn(C)c12. The third kappa shape index (κ3) is 1.76. The Morgan fingerprint density at radius 3 is 2.82 bits per heavy atom. The minimum absolute atomic E-state index is 0.309. The monoisotopic (exact) mass is 296 g/mol. The molecule has 1 aliphatic carbocycles. The Morgan fingerprint density at radius 2 is 2.14 bits per heavy atom. The van der Waals surface area contributed by atoms with E-state index in [0.29, 0.717) is 17.3 Å². The van der Waals surface area contributed by atoms with Crippen LogP contribution in [0, 0.1) is 0 Å². The van der Waals surface area contributed by atoms with Crippen molar-refractivity contribution < 1.29 is 9.53 Å². The number of aromatic nitrogens is 3. The molecule has 0 aliphatic heterocycles. The van der Waals surface area contributed by atoms with E-state index in [1.165, 1.54) is 7.11 Å². The molecule has 6 heteroatoms. The van der Waals surface area contributed by atoms with Crippen molar-refractivity contribution in [1.82, 2.24) is 14.8 Å². The van der Waals surface area contributed by atoms with E-state index in [-0.39, 0.29) is 5.97 Å². The van der Waals surface area contributed by atoms with E-state index in [0.717, 1.165) is 40.2 Å². The van der Waals surface area contributed by atoms with Gasteiger partial charge in [-0.05, 0) is 36.5 Å². The van der Waals surface area contributed by atoms with Gasteiger partial charge in [0.25, 0.3) is 0 Å². The van der Waals surface area contributed by atoms with E-state index in [9.17, 15) is 4.79 Å². The van der Waals surface area contributed by atoms with E-state index in [1.807, 2.05) is 19.2 Å².